The second kappa shape index (κ2) is 8.12. The van der Waals surface area contributed by atoms with Crippen molar-refractivity contribution in [2.45, 2.75) is 44.7 Å². The molecule has 1 aromatic carbocycles. The van der Waals surface area contributed by atoms with E-state index in [9.17, 15) is 9.90 Å². The number of hydrazine groups is 1. The van der Waals surface area contributed by atoms with Gasteiger partial charge in [-0.15, -0.1) is 0 Å². The summed E-state index contributed by atoms with van der Waals surface area (Å²) in [4.78, 5) is 13.7. The van der Waals surface area contributed by atoms with Crippen molar-refractivity contribution in [2.24, 2.45) is 5.84 Å². The van der Waals surface area contributed by atoms with Crippen molar-refractivity contribution in [1.29, 1.82) is 0 Å². The maximum atomic E-state index is 11.2. The van der Waals surface area contributed by atoms with Crippen LogP contribution in [-0.4, -0.2) is 35.1 Å². The smallest absolute Gasteiger partial charge is 0.238 e. The first-order valence-corrected chi connectivity index (χ1v) is 7.65. The van der Waals surface area contributed by atoms with E-state index in [-0.39, 0.29) is 12.5 Å². The quantitative estimate of drug-likeness (QED) is 0.414. The molecule has 21 heavy (non-hydrogen) atoms. The Bertz CT molecular complexity index is 445. The van der Waals surface area contributed by atoms with Crippen molar-refractivity contribution in [3.8, 4) is 0 Å². The van der Waals surface area contributed by atoms with Crippen LogP contribution in [0.2, 0.25) is 0 Å². The predicted octanol–water partition coefficient (Wildman–Crippen LogP) is 0.956. The Morgan fingerprint density at radius 1 is 1.29 bits per heavy atom. The van der Waals surface area contributed by atoms with Gasteiger partial charge in [0.25, 0.3) is 0 Å². The van der Waals surface area contributed by atoms with Gasteiger partial charge < -0.3 is 5.11 Å². The number of carbonyl (C=O) groups is 1. The molecule has 0 spiro atoms. The molecule has 0 bridgehead atoms. The third-order valence-corrected chi connectivity index (χ3v) is 4.15. The summed E-state index contributed by atoms with van der Waals surface area (Å²) in [5.41, 5.74) is 4.35. The van der Waals surface area contributed by atoms with Crippen molar-refractivity contribution < 1.29 is 9.90 Å². The van der Waals surface area contributed by atoms with Gasteiger partial charge in [-0.2, -0.15) is 0 Å². The van der Waals surface area contributed by atoms with Gasteiger partial charge in [0.15, 0.2) is 0 Å². The number of nitrogens with two attached hydrogens (primary N) is 1. The SMILES string of the molecule is NNC(=O)Cc1ccc(CN2CCCCC2CCO)cc1. The Morgan fingerprint density at radius 3 is 2.67 bits per heavy atom. The molecule has 2 rings (SSSR count). The Labute approximate surface area is 126 Å². The maximum absolute atomic E-state index is 11.2. The van der Waals surface area contributed by atoms with Crippen molar-refractivity contribution in [1.82, 2.24) is 10.3 Å². The van der Waals surface area contributed by atoms with Crippen molar-refractivity contribution in [3.63, 3.8) is 0 Å². The van der Waals surface area contributed by atoms with Crippen LogP contribution in [-0.2, 0) is 17.8 Å². The summed E-state index contributed by atoms with van der Waals surface area (Å²) in [6.07, 6.45) is 4.84. The van der Waals surface area contributed by atoms with Crippen molar-refractivity contribution in [2.75, 3.05) is 13.2 Å². The molecule has 1 aliphatic rings. The molecule has 1 heterocycles. The molecule has 1 amide bonds. The van der Waals surface area contributed by atoms with Crippen LogP contribution in [0.3, 0.4) is 0 Å². The number of aliphatic hydroxyl groups is 1. The lowest BCUT2D eigenvalue weighted by atomic mass is 9.98. The lowest BCUT2D eigenvalue weighted by molar-refractivity contribution is -0.120. The summed E-state index contributed by atoms with van der Waals surface area (Å²) in [6, 6.07) is 8.60. The molecule has 0 aromatic heterocycles. The molecule has 1 aliphatic heterocycles. The van der Waals surface area contributed by atoms with Gasteiger partial charge in [0.05, 0.1) is 6.42 Å². The number of nitrogens with zero attached hydrogens (tertiary/aromatic N) is 1. The lowest BCUT2D eigenvalue weighted by Crippen LogP contribution is -2.39. The topological polar surface area (TPSA) is 78.6 Å². The van der Waals surface area contributed by atoms with E-state index in [1.54, 1.807) is 0 Å². The fourth-order valence-electron chi connectivity index (χ4n) is 2.98. The summed E-state index contributed by atoms with van der Waals surface area (Å²) in [5, 5.41) is 9.17. The zero-order valence-electron chi connectivity index (χ0n) is 12.4. The van der Waals surface area contributed by atoms with E-state index in [0.29, 0.717) is 12.5 Å². The van der Waals surface area contributed by atoms with Crippen LogP contribution in [0.5, 0.6) is 0 Å². The molecule has 1 saturated heterocycles. The van der Waals surface area contributed by atoms with E-state index in [0.717, 1.165) is 25.1 Å². The zero-order valence-corrected chi connectivity index (χ0v) is 12.4. The molecular formula is C16H25N3O2. The zero-order chi connectivity index (χ0) is 15.1. The number of nitrogens with one attached hydrogen (secondary N) is 1. The molecule has 1 atom stereocenters. The van der Waals surface area contributed by atoms with E-state index in [1.165, 1.54) is 24.8 Å². The summed E-state index contributed by atoms with van der Waals surface area (Å²) in [5.74, 6) is 4.91. The van der Waals surface area contributed by atoms with Crippen molar-refractivity contribution >= 4 is 5.91 Å². The summed E-state index contributed by atoms with van der Waals surface area (Å²) >= 11 is 0. The molecule has 116 valence electrons. The number of benzene rings is 1. The first-order valence-electron chi connectivity index (χ1n) is 7.65. The molecule has 1 aromatic rings. The minimum Gasteiger partial charge on any atom is -0.396 e. The maximum Gasteiger partial charge on any atom is 0.238 e. The van der Waals surface area contributed by atoms with E-state index < -0.39 is 0 Å². The van der Waals surface area contributed by atoms with Crippen LogP contribution in [0, 0.1) is 0 Å². The van der Waals surface area contributed by atoms with E-state index in [2.05, 4.69) is 22.5 Å². The second-order valence-electron chi connectivity index (χ2n) is 5.69. The van der Waals surface area contributed by atoms with Crippen LogP contribution >= 0.6 is 0 Å². The van der Waals surface area contributed by atoms with E-state index in [1.807, 2.05) is 12.1 Å². The minimum atomic E-state index is -0.179. The fourth-order valence-corrected chi connectivity index (χ4v) is 2.98. The Balaban J connectivity index is 1.93. The molecule has 5 heteroatoms. The number of hydrogen-bond donors (Lipinski definition) is 3. The van der Waals surface area contributed by atoms with Gasteiger partial charge in [0.2, 0.25) is 5.91 Å². The third-order valence-electron chi connectivity index (χ3n) is 4.15. The number of likely N-dealkylation sites (tertiary alicyclic amines) is 1. The Morgan fingerprint density at radius 2 is 2.00 bits per heavy atom. The number of hydrogen-bond acceptors (Lipinski definition) is 4. The minimum absolute atomic E-state index is 0.179. The third kappa shape index (κ3) is 4.81. The summed E-state index contributed by atoms with van der Waals surface area (Å²) in [6.45, 7) is 2.27. The van der Waals surface area contributed by atoms with Gasteiger partial charge in [0, 0.05) is 19.2 Å². The number of carbonyl (C=O) groups excluding carboxylic acids is 1. The summed E-state index contributed by atoms with van der Waals surface area (Å²) in [7, 11) is 0. The van der Waals surface area contributed by atoms with Gasteiger partial charge in [-0.25, -0.2) is 5.84 Å². The van der Waals surface area contributed by atoms with Gasteiger partial charge >= 0.3 is 0 Å². The Hall–Kier alpha value is -1.43. The standard InChI is InChI=1S/C16H25N3O2/c17-18-16(21)11-13-4-6-14(7-5-13)12-19-9-2-1-3-15(19)8-10-20/h4-7,15,20H,1-3,8-12,17H2,(H,18,21). The fraction of sp³-hybridized carbons (Fsp3) is 0.562. The monoisotopic (exact) mass is 291 g/mol. The highest BCUT2D eigenvalue weighted by Gasteiger charge is 2.21. The molecule has 0 aliphatic carbocycles. The molecule has 1 unspecified atom stereocenters. The predicted molar refractivity (Wildman–Crippen MR) is 82.2 cm³/mol. The van der Waals surface area contributed by atoms with Crippen LogP contribution < -0.4 is 11.3 Å². The molecular weight excluding hydrogens is 266 g/mol. The number of amides is 1. The van der Waals surface area contributed by atoms with Gasteiger partial charge in [-0.3, -0.25) is 15.1 Å². The molecule has 1 fully saturated rings. The highest BCUT2D eigenvalue weighted by molar-refractivity contribution is 5.77. The largest absolute Gasteiger partial charge is 0.396 e. The van der Waals surface area contributed by atoms with E-state index >= 15 is 0 Å². The summed E-state index contributed by atoms with van der Waals surface area (Å²) < 4.78 is 0. The van der Waals surface area contributed by atoms with Gasteiger partial charge in [-0.05, 0) is 36.9 Å². The van der Waals surface area contributed by atoms with Crippen LogP contribution in [0.25, 0.3) is 0 Å². The molecule has 4 N–H and O–H groups in total. The first-order chi connectivity index (χ1) is 10.2. The normalized spacial score (nSPS) is 19.4. The molecule has 5 nitrogen and oxygen atoms in total. The second-order valence-corrected chi connectivity index (χ2v) is 5.69. The molecule has 0 radical (unpaired) electrons. The van der Waals surface area contributed by atoms with Crippen molar-refractivity contribution in [3.05, 3.63) is 35.4 Å². The lowest BCUT2D eigenvalue weighted by Gasteiger charge is -2.35. The van der Waals surface area contributed by atoms with Crippen LogP contribution in [0.1, 0.15) is 36.8 Å². The highest BCUT2D eigenvalue weighted by Crippen LogP contribution is 2.22. The molecule has 0 saturated carbocycles. The van der Waals surface area contributed by atoms with E-state index in [4.69, 9.17) is 5.84 Å². The first kappa shape index (κ1) is 15.9. The highest BCUT2D eigenvalue weighted by atomic mass is 16.3. The number of aliphatic hydroxyl groups excluding tert-OH is 1. The Kier molecular flexibility index (Phi) is 6.17. The average Bonchev–Trinajstić information content (AvgIpc) is 2.51. The average molecular weight is 291 g/mol. The van der Waals surface area contributed by atoms with Crippen LogP contribution in [0.15, 0.2) is 24.3 Å². The van der Waals surface area contributed by atoms with Gasteiger partial charge in [-0.1, -0.05) is 30.7 Å². The number of rotatable bonds is 6. The van der Waals surface area contributed by atoms with Crippen LogP contribution in [0.4, 0.5) is 0 Å². The van der Waals surface area contributed by atoms with Gasteiger partial charge in [0.1, 0.15) is 0 Å². The number of piperidine rings is 1.